The van der Waals surface area contributed by atoms with Gasteiger partial charge in [-0.05, 0) is 43.2 Å². The summed E-state index contributed by atoms with van der Waals surface area (Å²) in [6, 6.07) is 8.47. The molecular formula is C20H22ClN3O4. The van der Waals surface area contributed by atoms with Crippen LogP contribution in [-0.4, -0.2) is 49.0 Å². The van der Waals surface area contributed by atoms with Crippen molar-refractivity contribution in [1.29, 1.82) is 0 Å². The van der Waals surface area contributed by atoms with E-state index in [9.17, 15) is 9.59 Å². The lowest BCUT2D eigenvalue weighted by Gasteiger charge is -2.26. The van der Waals surface area contributed by atoms with Gasteiger partial charge in [0, 0.05) is 23.3 Å². The first-order valence-electron chi connectivity index (χ1n) is 8.94. The second kappa shape index (κ2) is 8.93. The van der Waals surface area contributed by atoms with Crippen molar-refractivity contribution in [1.82, 2.24) is 15.2 Å². The molecule has 1 fully saturated rings. The van der Waals surface area contributed by atoms with Crippen molar-refractivity contribution in [2.45, 2.75) is 18.9 Å². The molecule has 7 nitrogen and oxygen atoms in total. The molecule has 148 valence electrons. The average molecular weight is 404 g/mol. The normalized spacial score (nSPS) is 16.0. The Kier molecular flexibility index (Phi) is 6.36. The zero-order valence-corrected chi connectivity index (χ0v) is 16.5. The molecule has 1 saturated heterocycles. The Balaban J connectivity index is 1.70. The highest BCUT2D eigenvalue weighted by Crippen LogP contribution is 2.38. The summed E-state index contributed by atoms with van der Waals surface area (Å²) in [5.74, 6) is 0.807. The van der Waals surface area contributed by atoms with Crippen molar-refractivity contribution in [3.05, 3.63) is 52.8 Å². The fourth-order valence-electron chi connectivity index (χ4n) is 3.37. The highest BCUT2D eigenvalue weighted by Gasteiger charge is 2.32. The van der Waals surface area contributed by atoms with Gasteiger partial charge in [0.15, 0.2) is 0 Å². The first-order chi connectivity index (χ1) is 13.5. The minimum Gasteiger partial charge on any atom is -0.497 e. The quantitative estimate of drug-likeness (QED) is 0.802. The maximum absolute atomic E-state index is 12.8. The Hall–Kier alpha value is -2.80. The Morgan fingerprint density at radius 3 is 2.79 bits per heavy atom. The molecule has 1 aliphatic rings. The van der Waals surface area contributed by atoms with Crippen LogP contribution >= 0.6 is 11.6 Å². The molecule has 0 saturated carbocycles. The first-order valence-corrected chi connectivity index (χ1v) is 9.32. The van der Waals surface area contributed by atoms with Gasteiger partial charge in [-0.2, -0.15) is 0 Å². The lowest BCUT2D eigenvalue weighted by atomic mass is 10.0. The Morgan fingerprint density at radius 1 is 1.25 bits per heavy atom. The lowest BCUT2D eigenvalue weighted by molar-refractivity contribution is -0.131. The number of pyridine rings is 1. The summed E-state index contributed by atoms with van der Waals surface area (Å²) >= 11 is 5.88. The minimum atomic E-state index is -0.439. The number of ether oxygens (including phenoxy) is 2. The molecule has 2 aromatic rings. The SMILES string of the molecule is COc1ccc(OC)c([C@H]2CCCN2C(=O)CNC(=O)c2cc(Cl)ccn2)c1. The standard InChI is InChI=1S/C20H22ClN3O4/c1-27-14-5-6-18(28-2)15(11-14)17-4-3-9-24(17)19(25)12-23-20(26)16-10-13(21)7-8-22-16/h5-8,10-11,17H,3-4,9,12H2,1-2H3,(H,23,26)/t17-/m1/s1. The van der Waals surface area contributed by atoms with Crippen LogP contribution in [-0.2, 0) is 4.79 Å². The number of rotatable bonds is 6. The Morgan fingerprint density at radius 2 is 2.07 bits per heavy atom. The fraction of sp³-hybridized carbons (Fsp3) is 0.350. The molecule has 0 radical (unpaired) electrons. The van der Waals surface area contributed by atoms with Crippen molar-refractivity contribution in [3.63, 3.8) is 0 Å². The van der Waals surface area contributed by atoms with Crippen LogP contribution in [0.2, 0.25) is 5.02 Å². The maximum Gasteiger partial charge on any atom is 0.270 e. The molecule has 8 heteroatoms. The molecule has 2 heterocycles. The van der Waals surface area contributed by atoms with Gasteiger partial charge in [0.1, 0.15) is 17.2 Å². The van der Waals surface area contributed by atoms with Crippen LogP contribution in [0.5, 0.6) is 11.5 Å². The topological polar surface area (TPSA) is 80.8 Å². The van der Waals surface area contributed by atoms with Gasteiger partial charge in [0.05, 0.1) is 26.8 Å². The third-order valence-corrected chi connectivity index (χ3v) is 4.96. The van der Waals surface area contributed by atoms with Crippen LogP contribution in [0.15, 0.2) is 36.5 Å². The number of amides is 2. The number of nitrogens with one attached hydrogen (secondary N) is 1. The van der Waals surface area contributed by atoms with E-state index in [0.29, 0.717) is 23.1 Å². The molecule has 3 rings (SSSR count). The largest absolute Gasteiger partial charge is 0.497 e. The molecule has 1 aromatic heterocycles. The van der Waals surface area contributed by atoms with Crippen LogP contribution in [0.4, 0.5) is 0 Å². The first kappa shape index (κ1) is 19.9. The minimum absolute atomic E-state index is 0.115. The van der Waals surface area contributed by atoms with E-state index in [1.165, 1.54) is 12.3 Å². The van der Waals surface area contributed by atoms with Crippen LogP contribution in [0, 0.1) is 0 Å². The number of hydrogen-bond donors (Lipinski definition) is 1. The molecule has 1 aromatic carbocycles. The molecular weight excluding hydrogens is 382 g/mol. The number of nitrogens with zero attached hydrogens (tertiary/aromatic N) is 2. The maximum atomic E-state index is 12.8. The van der Waals surface area contributed by atoms with Gasteiger partial charge >= 0.3 is 0 Å². The van der Waals surface area contributed by atoms with Gasteiger partial charge < -0.3 is 19.7 Å². The van der Waals surface area contributed by atoms with Gasteiger partial charge in [-0.15, -0.1) is 0 Å². The molecule has 2 amide bonds. The molecule has 0 unspecified atom stereocenters. The van der Waals surface area contributed by atoms with Gasteiger partial charge in [-0.3, -0.25) is 14.6 Å². The zero-order valence-electron chi connectivity index (χ0n) is 15.8. The molecule has 0 bridgehead atoms. The Labute approximate surface area is 168 Å². The summed E-state index contributed by atoms with van der Waals surface area (Å²) < 4.78 is 10.8. The summed E-state index contributed by atoms with van der Waals surface area (Å²) in [6.07, 6.45) is 3.14. The smallest absolute Gasteiger partial charge is 0.270 e. The molecule has 0 aliphatic carbocycles. The number of carbonyl (C=O) groups is 2. The number of methoxy groups -OCH3 is 2. The second-order valence-electron chi connectivity index (χ2n) is 6.40. The third kappa shape index (κ3) is 4.36. The molecule has 1 N–H and O–H groups in total. The van der Waals surface area contributed by atoms with Crippen LogP contribution < -0.4 is 14.8 Å². The highest BCUT2D eigenvalue weighted by atomic mass is 35.5. The van der Waals surface area contributed by atoms with Crippen molar-refractivity contribution < 1.29 is 19.1 Å². The summed E-state index contributed by atoms with van der Waals surface area (Å²) in [6.45, 7) is 0.505. The van der Waals surface area contributed by atoms with Gasteiger partial charge in [-0.25, -0.2) is 0 Å². The fourth-order valence-corrected chi connectivity index (χ4v) is 3.53. The molecule has 0 spiro atoms. The van der Waals surface area contributed by atoms with Crippen molar-refractivity contribution >= 4 is 23.4 Å². The number of hydrogen-bond acceptors (Lipinski definition) is 5. The molecule has 1 aliphatic heterocycles. The molecule has 1 atom stereocenters. The van der Waals surface area contributed by atoms with Gasteiger partial charge in [0.25, 0.3) is 5.91 Å². The van der Waals surface area contributed by atoms with Crippen molar-refractivity contribution in [3.8, 4) is 11.5 Å². The van der Waals surface area contributed by atoms with E-state index < -0.39 is 5.91 Å². The number of halogens is 1. The predicted molar refractivity (Wildman–Crippen MR) is 105 cm³/mol. The van der Waals surface area contributed by atoms with Crippen LogP contribution in [0.1, 0.15) is 34.9 Å². The second-order valence-corrected chi connectivity index (χ2v) is 6.83. The van der Waals surface area contributed by atoms with E-state index >= 15 is 0 Å². The summed E-state index contributed by atoms with van der Waals surface area (Å²) in [5, 5.41) is 3.03. The van der Waals surface area contributed by atoms with E-state index in [4.69, 9.17) is 21.1 Å². The number of aromatic nitrogens is 1. The number of benzene rings is 1. The van der Waals surface area contributed by atoms with Crippen LogP contribution in [0.3, 0.4) is 0 Å². The predicted octanol–water partition coefficient (Wildman–Crippen LogP) is 2.85. The van der Waals surface area contributed by atoms with Gasteiger partial charge in [-0.1, -0.05) is 11.6 Å². The lowest BCUT2D eigenvalue weighted by Crippen LogP contribution is -2.40. The summed E-state index contributed by atoms with van der Waals surface area (Å²) in [7, 11) is 3.20. The average Bonchev–Trinajstić information content (AvgIpc) is 3.21. The number of likely N-dealkylation sites (tertiary alicyclic amines) is 1. The van der Waals surface area contributed by atoms with E-state index in [1.807, 2.05) is 18.2 Å². The van der Waals surface area contributed by atoms with Crippen molar-refractivity contribution in [2.24, 2.45) is 0 Å². The number of carbonyl (C=O) groups excluding carboxylic acids is 2. The van der Waals surface area contributed by atoms with E-state index in [-0.39, 0.29) is 24.2 Å². The van der Waals surface area contributed by atoms with E-state index in [2.05, 4.69) is 10.3 Å². The highest BCUT2D eigenvalue weighted by molar-refractivity contribution is 6.30. The van der Waals surface area contributed by atoms with Crippen LogP contribution in [0.25, 0.3) is 0 Å². The Bertz CT molecular complexity index is 874. The summed E-state index contributed by atoms with van der Waals surface area (Å²) in [4.78, 5) is 30.7. The third-order valence-electron chi connectivity index (χ3n) is 4.72. The van der Waals surface area contributed by atoms with E-state index in [0.717, 1.165) is 18.4 Å². The van der Waals surface area contributed by atoms with E-state index in [1.54, 1.807) is 25.2 Å². The van der Waals surface area contributed by atoms with Gasteiger partial charge in [0.2, 0.25) is 5.91 Å². The summed E-state index contributed by atoms with van der Waals surface area (Å²) in [5.41, 5.74) is 1.07. The van der Waals surface area contributed by atoms with Crippen molar-refractivity contribution in [2.75, 3.05) is 27.3 Å². The molecule has 28 heavy (non-hydrogen) atoms. The zero-order chi connectivity index (χ0) is 20.1. The monoisotopic (exact) mass is 403 g/mol.